The number of hydrogen-bond acceptors (Lipinski definition) is 6. The molecule has 0 spiro atoms. The number of hydrogen-bond donors (Lipinski definition) is 0. The number of aromatic nitrogens is 2. The number of rotatable bonds is 11. The van der Waals surface area contributed by atoms with Crippen LogP contribution in [0, 0.1) is 5.92 Å². The summed E-state index contributed by atoms with van der Waals surface area (Å²) in [6, 6.07) is 6.75. The van der Waals surface area contributed by atoms with Gasteiger partial charge in [0, 0.05) is 29.8 Å². The van der Waals surface area contributed by atoms with Crippen LogP contribution >= 0.6 is 0 Å². The van der Waals surface area contributed by atoms with Crippen LogP contribution in [0.1, 0.15) is 43.5 Å². The summed E-state index contributed by atoms with van der Waals surface area (Å²) >= 11 is 0. The van der Waals surface area contributed by atoms with Crippen molar-refractivity contribution in [2.24, 2.45) is 5.92 Å². The Morgan fingerprint density at radius 3 is 2.57 bits per heavy atom. The fraction of sp³-hybridized carbons (Fsp3) is 0.462. The summed E-state index contributed by atoms with van der Waals surface area (Å²) < 4.78 is 44.5. The van der Waals surface area contributed by atoms with Gasteiger partial charge in [0.15, 0.2) is 5.78 Å². The van der Waals surface area contributed by atoms with Gasteiger partial charge in [-0.05, 0) is 64.9 Å². The molecule has 1 aliphatic carbocycles. The summed E-state index contributed by atoms with van der Waals surface area (Å²) in [6.45, 7) is 1.59. The van der Waals surface area contributed by atoms with Crippen LogP contribution in [0.5, 0.6) is 17.2 Å². The van der Waals surface area contributed by atoms with Gasteiger partial charge in [-0.15, -0.1) is 0 Å². The van der Waals surface area contributed by atoms with E-state index in [-0.39, 0.29) is 28.4 Å². The van der Waals surface area contributed by atoms with Gasteiger partial charge in [-0.3, -0.25) is 9.20 Å². The van der Waals surface area contributed by atoms with E-state index in [1.54, 1.807) is 12.3 Å². The van der Waals surface area contributed by atoms with Crippen molar-refractivity contribution in [3.63, 3.8) is 0 Å². The molecule has 2 heterocycles. The van der Waals surface area contributed by atoms with Gasteiger partial charge >= 0.3 is 6.61 Å². The number of Topliss-reactive ketones (excluding diaryl/α,β-unsaturated/α-hetero) is 1. The molecule has 0 saturated heterocycles. The zero-order chi connectivity index (χ0) is 25.3. The molecule has 0 atom stereocenters. The lowest BCUT2D eigenvalue weighted by atomic mass is 10.00. The van der Waals surface area contributed by atoms with E-state index in [0.717, 1.165) is 12.8 Å². The molecule has 4 rings (SSSR count). The van der Waals surface area contributed by atoms with Gasteiger partial charge in [0.1, 0.15) is 35.1 Å². The Balaban J connectivity index is 1.68. The van der Waals surface area contributed by atoms with E-state index < -0.39 is 6.61 Å². The molecule has 188 valence electrons. The van der Waals surface area contributed by atoms with E-state index in [2.05, 4.69) is 23.7 Å². The number of halogens is 2. The number of benzene rings is 1. The Morgan fingerprint density at radius 2 is 1.94 bits per heavy atom. The number of likely N-dealkylation sites (N-methyl/N-ethyl adjacent to an activating group) is 1. The molecular formula is C26H31F2N3O4. The topological polar surface area (TPSA) is 65.3 Å². The van der Waals surface area contributed by atoms with E-state index in [1.165, 1.54) is 13.2 Å². The number of fused-ring (bicyclic) bond motifs is 1. The summed E-state index contributed by atoms with van der Waals surface area (Å²) in [6.07, 6.45) is 5.67. The van der Waals surface area contributed by atoms with E-state index in [1.807, 2.05) is 36.8 Å². The van der Waals surface area contributed by atoms with Crippen LogP contribution < -0.4 is 14.2 Å². The molecule has 2 aromatic heterocycles. The van der Waals surface area contributed by atoms with Gasteiger partial charge in [0.25, 0.3) is 0 Å². The minimum Gasteiger partial charge on any atom is -0.496 e. The predicted molar refractivity (Wildman–Crippen MR) is 129 cm³/mol. The van der Waals surface area contributed by atoms with Gasteiger partial charge in [-0.1, -0.05) is 0 Å². The molecule has 0 N–H and O–H groups in total. The third-order valence-electron chi connectivity index (χ3n) is 6.53. The van der Waals surface area contributed by atoms with Crippen LogP contribution in [-0.2, 0) is 0 Å². The second kappa shape index (κ2) is 9.81. The number of imidazole rings is 1. The molecule has 1 fully saturated rings. The Morgan fingerprint density at radius 1 is 1.23 bits per heavy atom. The van der Waals surface area contributed by atoms with E-state index in [0.29, 0.717) is 41.6 Å². The molecule has 1 aliphatic rings. The molecule has 0 radical (unpaired) electrons. The highest BCUT2D eigenvalue weighted by Gasteiger charge is 2.30. The minimum atomic E-state index is -3.07. The first-order valence-corrected chi connectivity index (χ1v) is 11.6. The van der Waals surface area contributed by atoms with Crippen molar-refractivity contribution < 1.29 is 27.8 Å². The Labute approximate surface area is 203 Å². The number of nitrogens with zero attached hydrogens (tertiary/aromatic N) is 3. The first kappa shape index (κ1) is 24.9. The van der Waals surface area contributed by atoms with Crippen LogP contribution in [0.4, 0.5) is 8.78 Å². The van der Waals surface area contributed by atoms with Crippen LogP contribution in [0.15, 0.2) is 36.7 Å². The molecular weight excluding hydrogens is 456 g/mol. The number of ketones is 1. The molecule has 35 heavy (non-hydrogen) atoms. The van der Waals surface area contributed by atoms with Gasteiger partial charge in [0.2, 0.25) is 0 Å². The number of pyridine rings is 1. The van der Waals surface area contributed by atoms with Crippen molar-refractivity contribution in [1.29, 1.82) is 0 Å². The second-order valence-corrected chi connectivity index (χ2v) is 9.73. The van der Waals surface area contributed by atoms with Gasteiger partial charge in [0.05, 0.1) is 19.0 Å². The van der Waals surface area contributed by atoms with Crippen molar-refractivity contribution in [3.8, 4) is 28.5 Å². The van der Waals surface area contributed by atoms with Crippen molar-refractivity contribution >= 4 is 11.4 Å². The lowest BCUT2D eigenvalue weighted by Crippen LogP contribution is -2.43. The largest absolute Gasteiger partial charge is 0.496 e. The summed E-state index contributed by atoms with van der Waals surface area (Å²) in [5.41, 5.74) is 1.71. The third kappa shape index (κ3) is 5.56. The standard InChI is InChI=1S/C26H31F2N3O4/c1-26(2,30(3)4)15-34-18-8-9-31-19(14-29-23(31)13-18)17-11-21(33-5)24(20(32)10-16-6-7-16)22(12-17)35-25(27)28/h8-9,11-14,16,25H,6-7,10,15H2,1-5H3. The van der Waals surface area contributed by atoms with Crippen molar-refractivity contribution in [2.75, 3.05) is 27.8 Å². The van der Waals surface area contributed by atoms with E-state index >= 15 is 0 Å². The average Bonchev–Trinajstić information content (AvgIpc) is 3.51. The van der Waals surface area contributed by atoms with Crippen LogP contribution in [0.3, 0.4) is 0 Å². The Bertz CT molecular complexity index is 1220. The van der Waals surface area contributed by atoms with Crippen LogP contribution in [0.25, 0.3) is 16.9 Å². The summed E-state index contributed by atoms with van der Waals surface area (Å²) in [4.78, 5) is 19.4. The van der Waals surface area contributed by atoms with E-state index in [4.69, 9.17) is 14.2 Å². The normalized spacial score (nSPS) is 14.1. The number of methoxy groups -OCH3 is 1. The number of ether oxygens (including phenoxy) is 3. The van der Waals surface area contributed by atoms with Gasteiger partial charge in [-0.25, -0.2) is 4.98 Å². The van der Waals surface area contributed by atoms with Gasteiger partial charge < -0.3 is 19.1 Å². The Kier molecular flexibility index (Phi) is 6.98. The molecule has 0 unspecified atom stereocenters. The number of carbonyl (C=O) groups excluding carboxylic acids is 1. The molecule has 9 heteroatoms. The third-order valence-corrected chi connectivity index (χ3v) is 6.53. The van der Waals surface area contributed by atoms with Crippen LogP contribution in [-0.4, -0.2) is 60.0 Å². The maximum absolute atomic E-state index is 13.2. The van der Waals surface area contributed by atoms with Crippen molar-refractivity contribution in [2.45, 2.75) is 45.3 Å². The van der Waals surface area contributed by atoms with Crippen LogP contribution in [0.2, 0.25) is 0 Å². The monoisotopic (exact) mass is 487 g/mol. The molecule has 0 amide bonds. The fourth-order valence-corrected chi connectivity index (χ4v) is 3.70. The zero-order valence-electron chi connectivity index (χ0n) is 20.7. The number of carbonyl (C=O) groups is 1. The summed E-state index contributed by atoms with van der Waals surface area (Å²) in [7, 11) is 5.41. The SMILES string of the molecule is COc1cc(-c2cnc3cc(OCC(C)(C)N(C)C)ccn23)cc(OC(F)F)c1C(=O)CC1CC1. The lowest BCUT2D eigenvalue weighted by molar-refractivity contribution is -0.0502. The Hall–Kier alpha value is -3.20. The maximum atomic E-state index is 13.2. The summed E-state index contributed by atoms with van der Waals surface area (Å²) in [5.74, 6) is 0.715. The quantitative estimate of drug-likeness (QED) is 0.342. The minimum absolute atomic E-state index is 0.0523. The lowest BCUT2D eigenvalue weighted by Gasteiger charge is -2.32. The number of alkyl halides is 2. The molecule has 0 aliphatic heterocycles. The van der Waals surface area contributed by atoms with Gasteiger partial charge in [-0.2, -0.15) is 8.78 Å². The van der Waals surface area contributed by atoms with E-state index in [9.17, 15) is 13.6 Å². The molecule has 1 saturated carbocycles. The second-order valence-electron chi connectivity index (χ2n) is 9.73. The zero-order valence-corrected chi connectivity index (χ0v) is 20.7. The molecule has 0 bridgehead atoms. The average molecular weight is 488 g/mol. The predicted octanol–water partition coefficient (Wildman–Crippen LogP) is 5.31. The fourth-order valence-electron chi connectivity index (χ4n) is 3.70. The van der Waals surface area contributed by atoms with Crippen molar-refractivity contribution in [3.05, 3.63) is 42.2 Å². The highest BCUT2D eigenvalue weighted by Crippen LogP contribution is 2.40. The highest BCUT2D eigenvalue weighted by atomic mass is 19.3. The molecule has 7 nitrogen and oxygen atoms in total. The highest BCUT2D eigenvalue weighted by molar-refractivity contribution is 6.02. The summed E-state index contributed by atoms with van der Waals surface area (Å²) in [5, 5.41) is 0. The maximum Gasteiger partial charge on any atom is 0.387 e. The first-order valence-electron chi connectivity index (χ1n) is 11.6. The molecule has 3 aromatic rings. The smallest absolute Gasteiger partial charge is 0.387 e. The molecule has 1 aromatic carbocycles. The first-order chi connectivity index (χ1) is 16.6. The van der Waals surface area contributed by atoms with Crippen molar-refractivity contribution in [1.82, 2.24) is 14.3 Å².